The SMILES string of the molecule is Cc1nn(CCCC(=O)N(C)Cc2ccccc2)c(=O)c2c1sc1ccccc12. The van der Waals surface area contributed by atoms with Crippen LogP contribution < -0.4 is 5.56 Å². The molecule has 2 aromatic carbocycles. The number of aromatic nitrogens is 2. The molecule has 0 saturated carbocycles. The number of rotatable bonds is 6. The number of fused-ring (bicyclic) bond motifs is 3. The van der Waals surface area contributed by atoms with Crippen molar-refractivity contribution < 1.29 is 4.79 Å². The van der Waals surface area contributed by atoms with Crippen LogP contribution in [0.1, 0.15) is 24.1 Å². The molecule has 0 aliphatic heterocycles. The topological polar surface area (TPSA) is 55.2 Å². The Balaban J connectivity index is 1.47. The lowest BCUT2D eigenvalue weighted by Gasteiger charge is -2.17. The molecule has 0 saturated heterocycles. The molecule has 0 aliphatic carbocycles. The Kier molecular flexibility index (Phi) is 5.45. The second kappa shape index (κ2) is 8.17. The third-order valence-corrected chi connectivity index (χ3v) is 6.37. The van der Waals surface area contributed by atoms with Gasteiger partial charge in [0.2, 0.25) is 5.91 Å². The fourth-order valence-electron chi connectivity index (χ4n) is 3.58. The predicted octanol–water partition coefficient (Wildman–Crippen LogP) is 4.36. The van der Waals surface area contributed by atoms with E-state index in [1.54, 1.807) is 16.2 Å². The minimum Gasteiger partial charge on any atom is -0.341 e. The molecule has 2 aromatic heterocycles. The normalized spacial score (nSPS) is 11.2. The zero-order chi connectivity index (χ0) is 20.4. The summed E-state index contributed by atoms with van der Waals surface area (Å²) in [6.45, 7) is 2.96. The van der Waals surface area contributed by atoms with Gasteiger partial charge in [-0.3, -0.25) is 9.59 Å². The van der Waals surface area contributed by atoms with E-state index in [4.69, 9.17) is 0 Å². The molecule has 6 heteroatoms. The van der Waals surface area contributed by atoms with E-state index >= 15 is 0 Å². The number of thiophene rings is 1. The van der Waals surface area contributed by atoms with Crippen molar-refractivity contribution in [2.45, 2.75) is 32.9 Å². The van der Waals surface area contributed by atoms with Crippen molar-refractivity contribution in [2.75, 3.05) is 7.05 Å². The Bertz CT molecular complexity index is 1230. The zero-order valence-corrected chi connectivity index (χ0v) is 17.4. The van der Waals surface area contributed by atoms with Gasteiger partial charge in [0.25, 0.3) is 5.56 Å². The summed E-state index contributed by atoms with van der Waals surface area (Å²) >= 11 is 1.61. The second-order valence-electron chi connectivity index (χ2n) is 7.26. The molecule has 0 atom stereocenters. The summed E-state index contributed by atoms with van der Waals surface area (Å²) in [5, 5.41) is 6.22. The van der Waals surface area contributed by atoms with E-state index in [0.29, 0.717) is 25.9 Å². The molecule has 4 rings (SSSR count). The van der Waals surface area contributed by atoms with Gasteiger partial charge in [0.05, 0.1) is 15.8 Å². The summed E-state index contributed by atoms with van der Waals surface area (Å²) in [6, 6.07) is 17.9. The summed E-state index contributed by atoms with van der Waals surface area (Å²) in [5.74, 6) is 0.0701. The third-order valence-electron chi connectivity index (χ3n) is 5.09. The number of carbonyl (C=O) groups is 1. The Labute approximate surface area is 173 Å². The molecular formula is C23H23N3O2S. The van der Waals surface area contributed by atoms with Gasteiger partial charge in [0.15, 0.2) is 0 Å². The molecule has 5 nitrogen and oxygen atoms in total. The fraction of sp³-hybridized carbons (Fsp3) is 0.261. The number of benzene rings is 2. The number of carbonyl (C=O) groups excluding carboxylic acids is 1. The van der Waals surface area contributed by atoms with Gasteiger partial charge in [-0.15, -0.1) is 11.3 Å². The molecule has 1 amide bonds. The molecular weight excluding hydrogens is 382 g/mol. The largest absolute Gasteiger partial charge is 0.341 e. The van der Waals surface area contributed by atoms with Crippen LogP contribution >= 0.6 is 11.3 Å². The van der Waals surface area contributed by atoms with Gasteiger partial charge in [0.1, 0.15) is 0 Å². The molecule has 0 spiro atoms. The molecule has 0 fully saturated rings. The van der Waals surface area contributed by atoms with Crippen LogP contribution in [0.2, 0.25) is 0 Å². The first-order chi connectivity index (χ1) is 14.0. The van der Waals surface area contributed by atoms with E-state index in [0.717, 1.165) is 31.4 Å². The Morgan fingerprint density at radius 1 is 1.10 bits per heavy atom. The molecule has 2 heterocycles. The van der Waals surface area contributed by atoms with Crippen LogP contribution in [0.25, 0.3) is 20.2 Å². The Morgan fingerprint density at radius 2 is 1.83 bits per heavy atom. The minimum absolute atomic E-state index is 0.0701. The van der Waals surface area contributed by atoms with E-state index < -0.39 is 0 Å². The minimum atomic E-state index is -0.0758. The van der Waals surface area contributed by atoms with Crippen molar-refractivity contribution in [3.8, 4) is 0 Å². The first-order valence-corrected chi connectivity index (χ1v) is 10.5. The van der Waals surface area contributed by atoms with Crippen LogP contribution in [0.4, 0.5) is 0 Å². The number of hydrogen-bond acceptors (Lipinski definition) is 4. The van der Waals surface area contributed by atoms with E-state index in [1.807, 2.05) is 68.6 Å². The monoisotopic (exact) mass is 405 g/mol. The highest BCUT2D eigenvalue weighted by molar-refractivity contribution is 7.26. The summed E-state index contributed by atoms with van der Waals surface area (Å²) in [6.07, 6.45) is 0.969. The maximum absolute atomic E-state index is 13.0. The summed E-state index contributed by atoms with van der Waals surface area (Å²) in [7, 11) is 1.81. The van der Waals surface area contributed by atoms with Crippen molar-refractivity contribution >= 4 is 37.4 Å². The van der Waals surface area contributed by atoms with Crippen molar-refractivity contribution in [1.29, 1.82) is 0 Å². The number of aryl methyl sites for hydroxylation is 2. The van der Waals surface area contributed by atoms with Crippen molar-refractivity contribution in [3.05, 3.63) is 76.2 Å². The standard InChI is InChI=1S/C23H23N3O2S/c1-16-22-21(18-11-6-7-12-19(18)29-22)23(28)26(24-16)14-8-13-20(27)25(2)15-17-9-4-3-5-10-17/h3-7,9-12H,8,13-15H2,1-2H3. The van der Waals surface area contributed by atoms with Crippen molar-refractivity contribution in [3.63, 3.8) is 0 Å². The second-order valence-corrected chi connectivity index (χ2v) is 8.31. The summed E-state index contributed by atoms with van der Waals surface area (Å²) in [5.41, 5.74) is 1.88. The van der Waals surface area contributed by atoms with E-state index in [-0.39, 0.29) is 11.5 Å². The molecule has 4 aromatic rings. The molecule has 0 N–H and O–H groups in total. The van der Waals surface area contributed by atoms with E-state index in [2.05, 4.69) is 5.10 Å². The Hall–Kier alpha value is -2.99. The van der Waals surface area contributed by atoms with Crippen LogP contribution in [0, 0.1) is 6.92 Å². The van der Waals surface area contributed by atoms with Crippen LogP contribution in [0.3, 0.4) is 0 Å². The highest BCUT2D eigenvalue weighted by atomic mass is 32.1. The van der Waals surface area contributed by atoms with Gasteiger partial charge in [-0.05, 0) is 25.0 Å². The summed E-state index contributed by atoms with van der Waals surface area (Å²) in [4.78, 5) is 27.2. The third kappa shape index (κ3) is 3.93. The number of nitrogens with zero attached hydrogens (tertiary/aromatic N) is 3. The zero-order valence-electron chi connectivity index (χ0n) is 16.6. The first kappa shape index (κ1) is 19.3. The molecule has 148 valence electrons. The molecule has 0 bridgehead atoms. The number of amides is 1. The lowest BCUT2D eigenvalue weighted by molar-refractivity contribution is -0.130. The Morgan fingerprint density at radius 3 is 2.62 bits per heavy atom. The highest BCUT2D eigenvalue weighted by Crippen LogP contribution is 2.32. The van der Waals surface area contributed by atoms with Gasteiger partial charge in [-0.2, -0.15) is 5.10 Å². The van der Waals surface area contributed by atoms with Gasteiger partial charge in [0, 0.05) is 36.6 Å². The van der Waals surface area contributed by atoms with Crippen LogP contribution in [-0.4, -0.2) is 27.6 Å². The van der Waals surface area contributed by atoms with Crippen LogP contribution in [0.5, 0.6) is 0 Å². The van der Waals surface area contributed by atoms with Gasteiger partial charge >= 0.3 is 0 Å². The maximum Gasteiger partial charge on any atom is 0.276 e. The lowest BCUT2D eigenvalue weighted by Crippen LogP contribution is -2.27. The maximum atomic E-state index is 13.0. The average molecular weight is 406 g/mol. The van der Waals surface area contributed by atoms with E-state index in [1.165, 1.54) is 4.68 Å². The molecule has 0 radical (unpaired) electrons. The van der Waals surface area contributed by atoms with Crippen LogP contribution in [-0.2, 0) is 17.9 Å². The van der Waals surface area contributed by atoms with Gasteiger partial charge < -0.3 is 4.90 Å². The quantitative estimate of drug-likeness (QED) is 0.479. The first-order valence-electron chi connectivity index (χ1n) is 9.71. The van der Waals surface area contributed by atoms with Gasteiger partial charge in [-0.25, -0.2) is 4.68 Å². The van der Waals surface area contributed by atoms with E-state index in [9.17, 15) is 9.59 Å². The highest BCUT2D eigenvalue weighted by Gasteiger charge is 2.15. The molecule has 29 heavy (non-hydrogen) atoms. The fourth-order valence-corrected chi connectivity index (χ4v) is 4.72. The lowest BCUT2D eigenvalue weighted by atomic mass is 10.2. The molecule has 0 aliphatic rings. The predicted molar refractivity (Wildman–Crippen MR) is 118 cm³/mol. The van der Waals surface area contributed by atoms with Crippen molar-refractivity contribution in [1.82, 2.24) is 14.7 Å². The van der Waals surface area contributed by atoms with Crippen LogP contribution in [0.15, 0.2) is 59.4 Å². The smallest absolute Gasteiger partial charge is 0.276 e. The summed E-state index contributed by atoms with van der Waals surface area (Å²) < 4.78 is 3.56. The average Bonchev–Trinajstić information content (AvgIpc) is 3.12. The number of hydrogen-bond donors (Lipinski definition) is 0. The van der Waals surface area contributed by atoms with Crippen molar-refractivity contribution in [2.24, 2.45) is 0 Å². The molecule has 0 unspecified atom stereocenters. The van der Waals surface area contributed by atoms with Gasteiger partial charge in [-0.1, -0.05) is 48.5 Å².